The molecule has 0 saturated heterocycles. The van der Waals surface area contributed by atoms with Gasteiger partial charge in [-0.2, -0.15) is 18.2 Å². The van der Waals surface area contributed by atoms with Gasteiger partial charge in [0.15, 0.2) is 0 Å². The van der Waals surface area contributed by atoms with Crippen molar-refractivity contribution >= 4 is 34.3 Å². The first-order valence-electron chi connectivity index (χ1n) is 10.6. The van der Waals surface area contributed by atoms with Crippen molar-refractivity contribution < 1.29 is 18.0 Å². The molecule has 1 amide bonds. The molecule has 0 spiro atoms. The molecule has 3 aromatic rings. The summed E-state index contributed by atoms with van der Waals surface area (Å²) in [6.45, 7) is 1.46. The van der Waals surface area contributed by atoms with Crippen molar-refractivity contribution in [3.8, 4) is 0 Å². The molecule has 1 fully saturated rings. The third kappa shape index (κ3) is 5.24. The molecule has 11 heteroatoms. The zero-order valence-electron chi connectivity index (χ0n) is 17.8. The van der Waals surface area contributed by atoms with Crippen molar-refractivity contribution in [3.63, 3.8) is 0 Å². The highest BCUT2D eigenvalue weighted by Gasteiger charge is 2.30. The maximum Gasteiger partial charge on any atom is 0.416 e. The van der Waals surface area contributed by atoms with Gasteiger partial charge in [0.1, 0.15) is 11.2 Å². The molecule has 1 saturated carbocycles. The second-order valence-electron chi connectivity index (χ2n) is 8.01. The maximum absolute atomic E-state index is 13.1. The highest BCUT2D eigenvalue weighted by atomic mass is 19.4. The average molecular weight is 460 g/mol. The molecular formula is C22H23F3N6O2. The highest BCUT2D eigenvalue weighted by Crippen LogP contribution is 2.32. The van der Waals surface area contributed by atoms with Crippen molar-refractivity contribution in [1.82, 2.24) is 20.3 Å². The lowest BCUT2D eigenvalue weighted by atomic mass is 9.90. The molecule has 2 heterocycles. The summed E-state index contributed by atoms with van der Waals surface area (Å²) in [6, 6.07) is 6.02. The Hall–Kier alpha value is -3.63. The molecule has 33 heavy (non-hydrogen) atoms. The van der Waals surface area contributed by atoms with E-state index in [1.54, 1.807) is 6.07 Å². The monoisotopic (exact) mass is 460 g/mol. The molecule has 2 atom stereocenters. The molecule has 0 aliphatic heterocycles. The molecular weight excluding hydrogens is 437 g/mol. The summed E-state index contributed by atoms with van der Waals surface area (Å²) < 4.78 is 39.4. The lowest BCUT2D eigenvalue weighted by molar-refractivity contribution is -0.137. The Morgan fingerprint density at radius 3 is 2.61 bits per heavy atom. The molecule has 0 unspecified atom stereocenters. The smallest absolute Gasteiger partial charge is 0.352 e. The molecule has 4 N–H and O–H groups in total. The summed E-state index contributed by atoms with van der Waals surface area (Å²) in [4.78, 5) is 35.4. The van der Waals surface area contributed by atoms with Gasteiger partial charge in [0.25, 0.3) is 5.56 Å². The zero-order valence-corrected chi connectivity index (χ0v) is 17.8. The van der Waals surface area contributed by atoms with Gasteiger partial charge in [-0.15, -0.1) is 0 Å². The summed E-state index contributed by atoms with van der Waals surface area (Å²) >= 11 is 0. The molecule has 4 rings (SSSR count). The van der Waals surface area contributed by atoms with Gasteiger partial charge >= 0.3 is 6.18 Å². The molecule has 0 radical (unpaired) electrons. The number of alkyl halides is 3. The number of aromatic amines is 1. The minimum atomic E-state index is -4.50. The van der Waals surface area contributed by atoms with E-state index in [0.717, 1.165) is 37.8 Å². The first kappa shape index (κ1) is 22.6. The topological polar surface area (TPSA) is 112 Å². The fraction of sp³-hybridized carbons (Fsp3) is 0.364. The fourth-order valence-corrected chi connectivity index (χ4v) is 4.06. The number of amides is 1. The number of carbonyl (C=O) groups excluding carboxylic acids is 1. The highest BCUT2D eigenvalue weighted by molar-refractivity contribution is 5.90. The van der Waals surface area contributed by atoms with Crippen molar-refractivity contribution in [3.05, 3.63) is 52.4 Å². The minimum absolute atomic E-state index is 0.0792. The van der Waals surface area contributed by atoms with Crippen LogP contribution in [0, 0.1) is 0 Å². The molecule has 174 valence electrons. The van der Waals surface area contributed by atoms with Crippen LogP contribution in [-0.2, 0) is 11.0 Å². The van der Waals surface area contributed by atoms with E-state index in [4.69, 9.17) is 0 Å². The first-order chi connectivity index (χ1) is 15.7. The van der Waals surface area contributed by atoms with Crippen LogP contribution in [0.3, 0.4) is 0 Å². The number of nitrogens with one attached hydrogen (secondary N) is 4. The van der Waals surface area contributed by atoms with Crippen LogP contribution >= 0.6 is 0 Å². The number of H-pyrrole nitrogens is 1. The molecule has 0 bridgehead atoms. The molecule has 1 aromatic carbocycles. The number of hydrogen-bond donors (Lipinski definition) is 4. The summed E-state index contributed by atoms with van der Waals surface area (Å²) in [7, 11) is 0. The number of nitrogens with zero attached hydrogens (tertiary/aromatic N) is 2. The van der Waals surface area contributed by atoms with Gasteiger partial charge in [-0.25, -0.2) is 4.98 Å². The number of rotatable bonds is 5. The Labute approximate surface area is 187 Å². The predicted octanol–water partition coefficient (Wildman–Crippen LogP) is 3.94. The SMILES string of the molecule is CC(=O)N[C@@H]1CCCC[C@@H]1Nc1nc(Nc2cccc(C(F)(F)F)c2)c2c(=O)[nH]ccc2n1. The first-order valence-corrected chi connectivity index (χ1v) is 10.6. The molecule has 8 nitrogen and oxygen atoms in total. The van der Waals surface area contributed by atoms with Crippen LogP contribution in [0.15, 0.2) is 41.3 Å². The summed E-state index contributed by atoms with van der Waals surface area (Å²) in [5.41, 5.74) is -0.828. The third-order valence-corrected chi connectivity index (χ3v) is 5.54. The summed E-state index contributed by atoms with van der Waals surface area (Å²) in [5.74, 6) is 0.159. The van der Waals surface area contributed by atoms with Crippen LogP contribution in [0.2, 0.25) is 0 Å². The Morgan fingerprint density at radius 1 is 1.12 bits per heavy atom. The Balaban J connectivity index is 1.70. The van der Waals surface area contributed by atoms with E-state index in [1.165, 1.54) is 25.3 Å². The number of anilines is 3. The van der Waals surface area contributed by atoms with Gasteiger partial charge in [-0.3, -0.25) is 9.59 Å². The van der Waals surface area contributed by atoms with Gasteiger partial charge in [-0.05, 0) is 37.1 Å². The van der Waals surface area contributed by atoms with E-state index in [0.29, 0.717) is 5.52 Å². The van der Waals surface area contributed by atoms with Crippen LogP contribution in [0.5, 0.6) is 0 Å². The Morgan fingerprint density at radius 2 is 1.88 bits per heavy atom. The van der Waals surface area contributed by atoms with Crippen molar-refractivity contribution in [1.29, 1.82) is 0 Å². The number of hydrogen-bond acceptors (Lipinski definition) is 6. The molecule has 1 aliphatic rings. The van der Waals surface area contributed by atoms with Gasteiger partial charge < -0.3 is 20.9 Å². The van der Waals surface area contributed by atoms with Crippen LogP contribution < -0.4 is 21.5 Å². The lowest BCUT2D eigenvalue weighted by Gasteiger charge is -2.32. The fourth-order valence-electron chi connectivity index (χ4n) is 4.06. The van der Waals surface area contributed by atoms with Crippen LogP contribution in [0.1, 0.15) is 38.2 Å². The van der Waals surface area contributed by atoms with E-state index in [2.05, 4.69) is 30.9 Å². The van der Waals surface area contributed by atoms with E-state index >= 15 is 0 Å². The standard InChI is InChI=1S/C22H23F3N6O2/c1-12(32)27-15-7-2-3-8-16(15)29-21-30-17-9-10-26-20(33)18(17)19(31-21)28-14-6-4-5-13(11-14)22(23,24)25/h4-6,9-11,15-16H,2-3,7-8H2,1H3,(H,26,33)(H,27,32)(H2,28,29,30,31)/t15-,16+/m1/s1. The van der Waals surface area contributed by atoms with Crippen molar-refractivity contribution in [2.24, 2.45) is 0 Å². The number of halogens is 3. The number of carbonyl (C=O) groups is 1. The number of fused-ring (bicyclic) bond motifs is 1. The van der Waals surface area contributed by atoms with Crippen molar-refractivity contribution in [2.75, 3.05) is 10.6 Å². The van der Waals surface area contributed by atoms with E-state index in [1.807, 2.05) is 0 Å². The van der Waals surface area contributed by atoms with Gasteiger partial charge in [-0.1, -0.05) is 18.9 Å². The summed E-state index contributed by atoms with van der Waals surface area (Å²) in [5, 5.41) is 9.15. The van der Waals surface area contributed by atoms with Crippen molar-refractivity contribution in [2.45, 2.75) is 50.9 Å². The van der Waals surface area contributed by atoms with E-state index in [9.17, 15) is 22.8 Å². The van der Waals surface area contributed by atoms with E-state index < -0.39 is 17.3 Å². The largest absolute Gasteiger partial charge is 0.416 e. The summed E-state index contributed by atoms with van der Waals surface area (Å²) in [6.07, 6.45) is 0.485. The molecule has 2 aromatic heterocycles. The third-order valence-electron chi connectivity index (χ3n) is 5.54. The van der Waals surface area contributed by atoms with Crippen LogP contribution in [0.25, 0.3) is 10.9 Å². The zero-order chi connectivity index (χ0) is 23.6. The Kier molecular flexibility index (Phi) is 6.21. The number of aromatic nitrogens is 3. The van der Waals surface area contributed by atoms with Gasteiger partial charge in [0, 0.05) is 30.9 Å². The van der Waals surface area contributed by atoms with E-state index in [-0.39, 0.29) is 40.8 Å². The molecule has 1 aliphatic carbocycles. The second-order valence-corrected chi connectivity index (χ2v) is 8.01. The maximum atomic E-state index is 13.1. The normalized spacial score (nSPS) is 18.7. The van der Waals surface area contributed by atoms with Crippen LogP contribution in [-0.4, -0.2) is 32.9 Å². The minimum Gasteiger partial charge on any atom is -0.352 e. The second kappa shape index (κ2) is 9.08. The van der Waals surface area contributed by atoms with Gasteiger partial charge in [0.2, 0.25) is 11.9 Å². The number of benzene rings is 1. The average Bonchev–Trinajstić information content (AvgIpc) is 2.74. The number of pyridine rings is 1. The quantitative estimate of drug-likeness (QED) is 0.459. The van der Waals surface area contributed by atoms with Crippen LogP contribution in [0.4, 0.5) is 30.6 Å². The lowest BCUT2D eigenvalue weighted by Crippen LogP contribution is -2.48. The Bertz CT molecular complexity index is 1230. The van der Waals surface area contributed by atoms with Gasteiger partial charge in [0.05, 0.1) is 11.1 Å². The predicted molar refractivity (Wildman–Crippen MR) is 118 cm³/mol.